The van der Waals surface area contributed by atoms with Gasteiger partial charge < -0.3 is 4.52 Å². The smallest absolute Gasteiger partial charge is 0.270 e. The predicted molar refractivity (Wildman–Crippen MR) is 60.7 cm³/mol. The molecule has 0 saturated heterocycles. The Balaban J connectivity index is 2.38. The molecule has 0 bridgehead atoms. The Labute approximate surface area is 101 Å². The molecule has 0 N–H and O–H groups in total. The van der Waals surface area contributed by atoms with Crippen molar-refractivity contribution in [3.8, 4) is 11.4 Å². The van der Waals surface area contributed by atoms with E-state index in [0.717, 1.165) is 0 Å². The molecule has 2 aromatic rings. The van der Waals surface area contributed by atoms with Crippen LogP contribution in [0.4, 0.5) is 5.69 Å². The lowest BCUT2D eigenvalue weighted by molar-refractivity contribution is -0.384. The lowest BCUT2D eigenvalue weighted by Gasteiger charge is -1.94. The highest BCUT2D eigenvalue weighted by atomic mass is 35.5. The largest absolute Gasteiger partial charge is 0.337 e. The molecule has 6 nitrogen and oxygen atoms in total. The molecular weight excluding hydrogens is 246 g/mol. The minimum absolute atomic E-state index is 0.0206. The molecular formula is C10H8ClN3O3. The highest BCUT2D eigenvalue weighted by Gasteiger charge is 2.14. The van der Waals surface area contributed by atoms with Gasteiger partial charge in [0.1, 0.15) is 5.38 Å². The summed E-state index contributed by atoms with van der Waals surface area (Å²) in [5.41, 5.74) is 0.499. The predicted octanol–water partition coefficient (Wildman–Crippen LogP) is 2.94. The van der Waals surface area contributed by atoms with Gasteiger partial charge >= 0.3 is 0 Å². The molecule has 7 heteroatoms. The summed E-state index contributed by atoms with van der Waals surface area (Å²) in [6.45, 7) is 1.70. The topological polar surface area (TPSA) is 82.1 Å². The fraction of sp³-hybridized carbons (Fsp3) is 0.200. The van der Waals surface area contributed by atoms with Crippen LogP contribution in [0.3, 0.4) is 0 Å². The fourth-order valence-electron chi connectivity index (χ4n) is 1.27. The van der Waals surface area contributed by atoms with E-state index < -0.39 is 10.3 Å². The van der Waals surface area contributed by atoms with Gasteiger partial charge in [0.05, 0.1) is 4.92 Å². The summed E-state index contributed by atoms with van der Waals surface area (Å²) in [6.07, 6.45) is 0. The number of hydrogen-bond donors (Lipinski definition) is 0. The molecule has 0 fully saturated rings. The van der Waals surface area contributed by atoms with Crippen LogP contribution < -0.4 is 0 Å². The van der Waals surface area contributed by atoms with Crippen LogP contribution in [0, 0.1) is 10.1 Å². The Hall–Kier alpha value is -1.95. The number of halogens is 1. The number of hydrogen-bond acceptors (Lipinski definition) is 5. The van der Waals surface area contributed by atoms with Crippen LogP contribution in [0.15, 0.2) is 28.8 Å². The average Bonchev–Trinajstić information content (AvgIpc) is 2.78. The summed E-state index contributed by atoms with van der Waals surface area (Å²) in [5.74, 6) is 0.573. The second-order valence-corrected chi connectivity index (χ2v) is 4.03. The molecule has 0 amide bonds. The standard InChI is InChI=1S/C10H8ClN3O3/c1-6(11)10-12-9(13-17-10)7-3-2-4-8(5-7)14(15)16/h2-6H,1H3. The van der Waals surface area contributed by atoms with Crippen molar-refractivity contribution in [2.45, 2.75) is 12.3 Å². The lowest BCUT2D eigenvalue weighted by atomic mass is 10.2. The second kappa shape index (κ2) is 4.50. The molecule has 1 aromatic carbocycles. The molecule has 0 aliphatic heterocycles. The molecule has 0 aliphatic carbocycles. The number of nitrogens with zero attached hydrogens (tertiary/aromatic N) is 3. The minimum Gasteiger partial charge on any atom is -0.337 e. The summed E-state index contributed by atoms with van der Waals surface area (Å²) < 4.78 is 4.92. The van der Waals surface area contributed by atoms with Gasteiger partial charge in [-0.1, -0.05) is 17.3 Å². The van der Waals surface area contributed by atoms with Crippen LogP contribution in [0.2, 0.25) is 0 Å². The first kappa shape index (κ1) is 11.5. The van der Waals surface area contributed by atoms with Gasteiger partial charge in [0, 0.05) is 17.7 Å². The van der Waals surface area contributed by atoms with Crippen molar-refractivity contribution in [1.82, 2.24) is 10.1 Å². The van der Waals surface area contributed by atoms with Crippen LogP contribution in [-0.4, -0.2) is 15.1 Å². The summed E-state index contributed by atoms with van der Waals surface area (Å²) in [5, 5.41) is 13.9. The number of nitro groups is 1. The number of aromatic nitrogens is 2. The molecule has 0 spiro atoms. The molecule has 1 atom stereocenters. The zero-order valence-corrected chi connectivity index (χ0v) is 9.59. The number of nitro benzene ring substituents is 1. The minimum atomic E-state index is -0.478. The highest BCUT2D eigenvalue weighted by molar-refractivity contribution is 6.20. The third-order valence-electron chi connectivity index (χ3n) is 2.10. The van der Waals surface area contributed by atoms with Crippen molar-refractivity contribution in [3.05, 3.63) is 40.3 Å². The van der Waals surface area contributed by atoms with Crippen molar-refractivity contribution in [2.75, 3.05) is 0 Å². The van der Waals surface area contributed by atoms with Gasteiger partial charge in [0.25, 0.3) is 5.69 Å². The van der Waals surface area contributed by atoms with E-state index in [4.69, 9.17) is 16.1 Å². The Morgan fingerprint density at radius 2 is 2.29 bits per heavy atom. The summed E-state index contributed by atoms with van der Waals surface area (Å²) in [6, 6.07) is 6.01. The van der Waals surface area contributed by atoms with Crippen molar-refractivity contribution >= 4 is 17.3 Å². The number of non-ortho nitro benzene ring substituents is 1. The van der Waals surface area contributed by atoms with Gasteiger partial charge in [-0.25, -0.2) is 0 Å². The van der Waals surface area contributed by atoms with E-state index in [2.05, 4.69) is 10.1 Å². The Bertz CT molecular complexity index is 553. The van der Waals surface area contributed by atoms with Gasteiger partial charge in [-0.2, -0.15) is 4.98 Å². The average molecular weight is 254 g/mol. The fourth-order valence-corrected chi connectivity index (χ4v) is 1.36. The third-order valence-corrected chi connectivity index (χ3v) is 2.28. The monoisotopic (exact) mass is 253 g/mol. The van der Waals surface area contributed by atoms with Crippen LogP contribution in [0.5, 0.6) is 0 Å². The van der Waals surface area contributed by atoms with Gasteiger partial charge in [-0.3, -0.25) is 10.1 Å². The van der Waals surface area contributed by atoms with E-state index in [1.165, 1.54) is 12.1 Å². The molecule has 1 aromatic heterocycles. The zero-order valence-electron chi connectivity index (χ0n) is 8.83. The van der Waals surface area contributed by atoms with E-state index in [0.29, 0.717) is 5.56 Å². The summed E-state index contributed by atoms with van der Waals surface area (Å²) in [7, 11) is 0. The van der Waals surface area contributed by atoms with E-state index in [-0.39, 0.29) is 17.4 Å². The quantitative estimate of drug-likeness (QED) is 0.477. The molecule has 2 rings (SSSR count). The highest BCUT2D eigenvalue weighted by Crippen LogP contribution is 2.24. The van der Waals surface area contributed by atoms with Gasteiger partial charge in [-0.15, -0.1) is 11.6 Å². The Morgan fingerprint density at radius 1 is 1.53 bits per heavy atom. The van der Waals surface area contributed by atoms with Gasteiger partial charge in [0.15, 0.2) is 0 Å². The maximum absolute atomic E-state index is 10.6. The van der Waals surface area contributed by atoms with E-state index in [1.807, 2.05) is 0 Å². The molecule has 1 unspecified atom stereocenters. The maximum Gasteiger partial charge on any atom is 0.270 e. The molecule has 88 valence electrons. The first-order valence-corrected chi connectivity index (χ1v) is 5.24. The van der Waals surface area contributed by atoms with E-state index >= 15 is 0 Å². The SMILES string of the molecule is CC(Cl)c1nc(-c2cccc([N+](=O)[O-])c2)no1. The van der Waals surface area contributed by atoms with E-state index in [1.54, 1.807) is 19.1 Å². The van der Waals surface area contributed by atoms with Gasteiger partial charge in [-0.05, 0) is 6.92 Å². The number of benzene rings is 1. The summed E-state index contributed by atoms with van der Waals surface area (Å²) >= 11 is 5.78. The molecule has 17 heavy (non-hydrogen) atoms. The van der Waals surface area contributed by atoms with Crippen LogP contribution in [-0.2, 0) is 0 Å². The Morgan fingerprint density at radius 3 is 2.88 bits per heavy atom. The number of alkyl halides is 1. The molecule has 0 saturated carbocycles. The first-order chi connectivity index (χ1) is 8.08. The van der Waals surface area contributed by atoms with Crippen molar-refractivity contribution in [2.24, 2.45) is 0 Å². The second-order valence-electron chi connectivity index (χ2n) is 3.38. The summed E-state index contributed by atoms with van der Waals surface area (Å²) in [4.78, 5) is 14.2. The van der Waals surface area contributed by atoms with Crippen LogP contribution in [0.1, 0.15) is 18.2 Å². The van der Waals surface area contributed by atoms with Crippen molar-refractivity contribution in [3.63, 3.8) is 0 Å². The lowest BCUT2D eigenvalue weighted by Crippen LogP contribution is -1.89. The first-order valence-electron chi connectivity index (χ1n) is 4.80. The van der Waals surface area contributed by atoms with Crippen LogP contribution in [0.25, 0.3) is 11.4 Å². The molecule has 0 radical (unpaired) electrons. The van der Waals surface area contributed by atoms with Crippen LogP contribution >= 0.6 is 11.6 Å². The number of rotatable bonds is 3. The normalized spacial score (nSPS) is 12.4. The Kier molecular flexibility index (Phi) is 3.06. The molecule has 1 heterocycles. The van der Waals surface area contributed by atoms with Gasteiger partial charge in [0.2, 0.25) is 11.7 Å². The zero-order chi connectivity index (χ0) is 12.4. The van der Waals surface area contributed by atoms with E-state index in [9.17, 15) is 10.1 Å². The van der Waals surface area contributed by atoms with Crippen molar-refractivity contribution in [1.29, 1.82) is 0 Å². The molecule has 0 aliphatic rings. The third kappa shape index (κ3) is 2.42. The maximum atomic E-state index is 10.6. The van der Waals surface area contributed by atoms with Crippen molar-refractivity contribution < 1.29 is 9.45 Å².